The van der Waals surface area contributed by atoms with E-state index in [-0.39, 0.29) is 0 Å². The number of amides is 1. The summed E-state index contributed by atoms with van der Waals surface area (Å²) in [5.41, 5.74) is -1.21. The second-order valence-electron chi connectivity index (χ2n) is 6.03. The Morgan fingerprint density at radius 2 is 1.67 bits per heavy atom. The van der Waals surface area contributed by atoms with Crippen molar-refractivity contribution in [2.24, 2.45) is 0 Å². The standard InChI is InChI=1S/C13H25NO4/c1-8-13(6,7)14(9(2)10(15)16)11(17)18-12(3,4)5/h9H,8H2,1-7H3,(H,15,16). The third kappa shape index (κ3) is 4.55. The van der Waals surface area contributed by atoms with Crippen LogP contribution >= 0.6 is 0 Å². The van der Waals surface area contributed by atoms with E-state index < -0.39 is 29.2 Å². The van der Waals surface area contributed by atoms with Gasteiger partial charge in [-0.3, -0.25) is 4.90 Å². The number of rotatable bonds is 4. The summed E-state index contributed by atoms with van der Waals surface area (Å²) in [5, 5.41) is 9.11. The van der Waals surface area contributed by atoms with E-state index in [9.17, 15) is 9.59 Å². The van der Waals surface area contributed by atoms with E-state index in [4.69, 9.17) is 9.84 Å². The van der Waals surface area contributed by atoms with Crippen molar-refractivity contribution in [1.82, 2.24) is 4.90 Å². The average Bonchev–Trinajstić information content (AvgIpc) is 2.14. The van der Waals surface area contributed by atoms with E-state index in [0.717, 1.165) is 0 Å². The molecule has 0 aromatic carbocycles. The fourth-order valence-electron chi connectivity index (χ4n) is 1.52. The highest BCUT2D eigenvalue weighted by Crippen LogP contribution is 2.24. The average molecular weight is 259 g/mol. The second kappa shape index (κ2) is 5.59. The number of nitrogens with zero attached hydrogens (tertiary/aromatic N) is 1. The van der Waals surface area contributed by atoms with Gasteiger partial charge in [-0.1, -0.05) is 6.92 Å². The lowest BCUT2D eigenvalue weighted by Crippen LogP contribution is -2.55. The van der Waals surface area contributed by atoms with Gasteiger partial charge in [0.15, 0.2) is 0 Å². The summed E-state index contributed by atoms with van der Waals surface area (Å²) in [6.07, 6.45) is 0.0494. The third-order valence-corrected chi connectivity index (χ3v) is 2.85. The maximum atomic E-state index is 12.2. The fourth-order valence-corrected chi connectivity index (χ4v) is 1.52. The van der Waals surface area contributed by atoms with Crippen LogP contribution < -0.4 is 0 Å². The quantitative estimate of drug-likeness (QED) is 0.843. The lowest BCUT2D eigenvalue weighted by Gasteiger charge is -2.41. The number of hydrogen-bond acceptors (Lipinski definition) is 3. The topological polar surface area (TPSA) is 66.8 Å². The van der Waals surface area contributed by atoms with Crippen molar-refractivity contribution in [3.63, 3.8) is 0 Å². The second-order valence-corrected chi connectivity index (χ2v) is 6.03. The van der Waals surface area contributed by atoms with Crippen LogP contribution in [-0.2, 0) is 9.53 Å². The summed E-state index contributed by atoms with van der Waals surface area (Å²) < 4.78 is 5.28. The molecule has 0 aromatic heterocycles. The lowest BCUT2D eigenvalue weighted by molar-refractivity contribution is -0.144. The zero-order valence-electron chi connectivity index (χ0n) is 12.4. The maximum absolute atomic E-state index is 12.2. The highest BCUT2D eigenvalue weighted by Gasteiger charge is 2.39. The van der Waals surface area contributed by atoms with Crippen molar-refractivity contribution in [3.8, 4) is 0 Å². The van der Waals surface area contributed by atoms with Crippen molar-refractivity contribution < 1.29 is 19.4 Å². The van der Waals surface area contributed by atoms with Gasteiger partial charge in [0.1, 0.15) is 11.6 Å². The Labute approximate surface area is 109 Å². The first kappa shape index (κ1) is 16.7. The first-order valence-corrected chi connectivity index (χ1v) is 6.17. The van der Waals surface area contributed by atoms with Gasteiger partial charge in [0, 0.05) is 5.54 Å². The Morgan fingerprint density at radius 3 is 1.94 bits per heavy atom. The molecule has 5 heteroatoms. The number of hydrogen-bond donors (Lipinski definition) is 1. The van der Waals surface area contributed by atoms with Crippen molar-refractivity contribution in [2.75, 3.05) is 0 Å². The SMILES string of the molecule is CCC(C)(C)N(C(=O)OC(C)(C)C)C(C)C(=O)O. The zero-order chi connectivity index (χ0) is 14.7. The molecule has 0 radical (unpaired) electrons. The van der Waals surface area contributed by atoms with E-state index in [0.29, 0.717) is 6.42 Å². The van der Waals surface area contributed by atoms with Gasteiger partial charge in [0.25, 0.3) is 0 Å². The molecular weight excluding hydrogens is 234 g/mol. The number of ether oxygens (including phenoxy) is 1. The maximum Gasteiger partial charge on any atom is 0.411 e. The molecule has 0 aliphatic heterocycles. The highest BCUT2D eigenvalue weighted by atomic mass is 16.6. The molecular formula is C13H25NO4. The Balaban J connectivity index is 5.24. The van der Waals surface area contributed by atoms with Crippen molar-refractivity contribution in [3.05, 3.63) is 0 Å². The molecule has 0 saturated heterocycles. The van der Waals surface area contributed by atoms with Gasteiger partial charge in [0.05, 0.1) is 0 Å². The minimum absolute atomic E-state index is 0.569. The molecule has 0 bridgehead atoms. The Bertz CT molecular complexity index is 317. The minimum atomic E-state index is -1.04. The largest absolute Gasteiger partial charge is 0.480 e. The molecule has 0 fully saturated rings. The van der Waals surface area contributed by atoms with Crippen LogP contribution in [0.25, 0.3) is 0 Å². The summed E-state index contributed by atoms with van der Waals surface area (Å²) in [5.74, 6) is -1.04. The van der Waals surface area contributed by atoms with Crippen LogP contribution in [0.5, 0.6) is 0 Å². The molecule has 1 atom stereocenters. The number of carbonyl (C=O) groups is 2. The molecule has 0 aliphatic rings. The van der Waals surface area contributed by atoms with E-state index >= 15 is 0 Å². The highest BCUT2D eigenvalue weighted by molar-refractivity contribution is 5.80. The summed E-state index contributed by atoms with van der Waals surface area (Å²) in [7, 11) is 0. The molecule has 0 aliphatic carbocycles. The molecule has 0 aromatic rings. The van der Waals surface area contributed by atoms with Crippen molar-refractivity contribution in [2.45, 2.75) is 72.1 Å². The molecule has 1 amide bonds. The van der Waals surface area contributed by atoms with E-state index in [2.05, 4.69) is 0 Å². The van der Waals surface area contributed by atoms with Gasteiger partial charge in [-0.2, -0.15) is 0 Å². The van der Waals surface area contributed by atoms with E-state index in [1.807, 2.05) is 20.8 Å². The lowest BCUT2D eigenvalue weighted by atomic mass is 9.97. The molecule has 0 saturated carbocycles. The van der Waals surface area contributed by atoms with Crippen LogP contribution in [0.4, 0.5) is 4.79 Å². The number of aliphatic carboxylic acids is 1. The van der Waals surface area contributed by atoms with Crippen molar-refractivity contribution in [1.29, 1.82) is 0 Å². The predicted octanol–water partition coefficient (Wildman–Crippen LogP) is 2.89. The molecule has 0 heterocycles. The molecule has 18 heavy (non-hydrogen) atoms. The number of carbonyl (C=O) groups excluding carboxylic acids is 1. The van der Waals surface area contributed by atoms with Crippen LogP contribution in [0.1, 0.15) is 54.9 Å². The summed E-state index contributed by atoms with van der Waals surface area (Å²) in [6, 6.07) is -0.921. The van der Waals surface area contributed by atoms with Gasteiger partial charge in [-0.05, 0) is 48.0 Å². The molecule has 106 valence electrons. The summed E-state index contributed by atoms with van der Waals surface area (Å²) in [4.78, 5) is 24.6. The van der Waals surface area contributed by atoms with Gasteiger partial charge in [-0.25, -0.2) is 9.59 Å². The Kier molecular flexibility index (Phi) is 5.20. The first-order chi connectivity index (χ1) is 7.92. The Hall–Kier alpha value is -1.26. The number of carboxylic acids is 1. The monoisotopic (exact) mass is 259 g/mol. The predicted molar refractivity (Wildman–Crippen MR) is 69.5 cm³/mol. The molecule has 1 unspecified atom stereocenters. The molecule has 0 rings (SSSR count). The smallest absolute Gasteiger partial charge is 0.411 e. The van der Waals surface area contributed by atoms with Crippen LogP contribution in [0.3, 0.4) is 0 Å². The van der Waals surface area contributed by atoms with E-state index in [1.165, 1.54) is 11.8 Å². The van der Waals surface area contributed by atoms with Gasteiger partial charge in [-0.15, -0.1) is 0 Å². The fraction of sp³-hybridized carbons (Fsp3) is 0.846. The Morgan fingerprint density at radius 1 is 1.22 bits per heavy atom. The first-order valence-electron chi connectivity index (χ1n) is 6.17. The minimum Gasteiger partial charge on any atom is -0.480 e. The summed E-state index contributed by atoms with van der Waals surface area (Å²) >= 11 is 0. The third-order valence-electron chi connectivity index (χ3n) is 2.85. The van der Waals surface area contributed by atoms with Gasteiger partial charge < -0.3 is 9.84 Å². The molecule has 1 N–H and O–H groups in total. The van der Waals surface area contributed by atoms with Crippen LogP contribution in [-0.4, -0.2) is 39.3 Å². The van der Waals surface area contributed by atoms with E-state index in [1.54, 1.807) is 20.8 Å². The van der Waals surface area contributed by atoms with Crippen LogP contribution in [0.2, 0.25) is 0 Å². The van der Waals surface area contributed by atoms with Gasteiger partial charge in [0.2, 0.25) is 0 Å². The normalized spacial score (nSPS) is 13.9. The van der Waals surface area contributed by atoms with Crippen LogP contribution in [0.15, 0.2) is 0 Å². The number of carboxylic acid groups (broad SMARTS) is 1. The van der Waals surface area contributed by atoms with Crippen LogP contribution in [0, 0.1) is 0 Å². The van der Waals surface area contributed by atoms with Gasteiger partial charge >= 0.3 is 12.1 Å². The molecule has 5 nitrogen and oxygen atoms in total. The summed E-state index contributed by atoms with van der Waals surface area (Å²) in [6.45, 7) is 12.3. The molecule has 0 spiro atoms. The van der Waals surface area contributed by atoms with Crippen molar-refractivity contribution >= 4 is 12.1 Å². The zero-order valence-corrected chi connectivity index (χ0v) is 12.4.